The smallest absolute Gasteiger partial charge is 0.251 e. The van der Waals surface area contributed by atoms with Crippen LogP contribution in [0.25, 0.3) is 0 Å². The van der Waals surface area contributed by atoms with Gasteiger partial charge in [-0.25, -0.2) is 0 Å². The zero-order chi connectivity index (χ0) is 15.6. The molecule has 2 rings (SSSR count). The SMILES string of the molecule is CCCNCCNC(=O)c1ccc(Oc2ccccc2)cc1.Cl. The number of nitrogens with one attached hydrogen (secondary N) is 2. The van der Waals surface area contributed by atoms with Crippen molar-refractivity contribution >= 4 is 18.3 Å². The molecule has 0 bridgehead atoms. The van der Waals surface area contributed by atoms with E-state index in [1.54, 1.807) is 24.3 Å². The second-order valence-corrected chi connectivity index (χ2v) is 4.95. The van der Waals surface area contributed by atoms with E-state index in [-0.39, 0.29) is 18.3 Å². The van der Waals surface area contributed by atoms with Crippen molar-refractivity contribution in [2.24, 2.45) is 0 Å². The zero-order valence-electron chi connectivity index (χ0n) is 13.2. The minimum Gasteiger partial charge on any atom is -0.457 e. The second-order valence-electron chi connectivity index (χ2n) is 4.95. The van der Waals surface area contributed by atoms with Gasteiger partial charge in [-0.2, -0.15) is 0 Å². The third-order valence-electron chi connectivity index (χ3n) is 3.11. The van der Waals surface area contributed by atoms with Gasteiger partial charge in [-0.05, 0) is 49.4 Å². The second kappa shape index (κ2) is 10.6. The summed E-state index contributed by atoms with van der Waals surface area (Å²) in [7, 11) is 0. The Bertz CT molecular complexity index is 573. The summed E-state index contributed by atoms with van der Waals surface area (Å²) in [6, 6.07) is 16.7. The molecular formula is C18H23ClN2O2. The number of carbonyl (C=O) groups excluding carboxylic acids is 1. The first-order valence-corrected chi connectivity index (χ1v) is 7.61. The molecule has 0 aromatic heterocycles. The van der Waals surface area contributed by atoms with Gasteiger partial charge >= 0.3 is 0 Å². The molecule has 0 heterocycles. The van der Waals surface area contributed by atoms with Gasteiger partial charge in [0.15, 0.2) is 0 Å². The maximum absolute atomic E-state index is 12.0. The third kappa shape index (κ3) is 6.72. The number of halogens is 1. The van der Waals surface area contributed by atoms with Gasteiger partial charge in [0, 0.05) is 18.7 Å². The van der Waals surface area contributed by atoms with E-state index in [4.69, 9.17) is 4.74 Å². The molecule has 0 saturated carbocycles. The molecule has 0 unspecified atom stereocenters. The van der Waals surface area contributed by atoms with Crippen LogP contribution in [0.4, 0.5) is 0 Å². The van der Waals surface area contributed by atoms with Crippen molar-refractivity contribution in [3.05, 3.63) is 60.2 Å². The van der Waals surface area contributed by atoms with Crippen LogP contribution in [0.1, 0.15) is 23.7 Å². The standard InChI is InChI=1S/C18H22N2O2.ClH/c1-2-12-19-13-14-20-18(21)15-8-10-17(11-9-15)22-16-6-4-3-5-7-16;/h3-11,19H,2,12-14H2,1H3,(H,20,21);1H. The number of para-hydroxylation sites is 1. The summed E-state index contributed by atoms with van der Waals surface area (Å²) >= 11 is 0. The van der Waals surface area contributed by atoms with E-state index >= 15 is 0 Å². The molecule has 0 fully saturated rings. The van der Waals surface area contributed by atoms with E-state index < -0.39 is 0 Å². The van der Waals surface area contributed by atoms with E-state index in [2.05, 4.69) is 17.6 Å². The monoisotopic (exact) mass is 334 g/mol. The third-order valence-corrected chi connectivity index (χ3v) is 3.11. The molecule has 0 radical (unpaired) electrons. The lowest BCUT2D eigenvalue weighted by molar-refractivity contribution is 0.0954. The number of hydrogen-bond acceptors (Lipinski definition) is 3. The highest BCUT2D eigenvalue weighted by atomic mass is 35.5. The number of rotatable bonds is 8. The van der Waals surface area contributed by atoms with Crippen LogP contribution in [0.5, 0.6) is 11.5 Å². The molecule has 0 aliphatic rings. The lowest BCUT2D eigenvalue weighted by Gasteiger charge is -2.08. The summed E-state index contributed by atoms with van der Waals surface area (Å²) in [4.78, 5) is 12.0. The molecular weight excluding hydrogens is 312 g/mol. The van der Waals surface area contributed by atoms with Crippen molar-refractivity contribution in [3.63, 3.8) is 0 Å². The van der Waals surface area contributed by atoms with Gasteiger partial charge < -0.3 is 15.4 Å². The fraction of sp³-hybridized carbons (Fsp3) is 0.278. The Hall–Kier alpha value is -2.04. The van der Waals surface area contributed by atoms with Crippen molar-refractivity contribution in [1.82, 2.24) is 10.6 Å². The molecule has 0 saturated heterocycles. The largest absolute Gasteiger partial charge is 0.457 e. The van der Waals surface area contributed by atoms with Gasteiger partial charge in [0.1, 0.15) is 11.5 Å². The zero-order valence-corrected chi connectivity index (χ0v) is 14.1. The van der Waals surface area contributed by atoms with Gasteiger partial charge in [0.05, 0.1) is 0 Å². The van der Waals surface area contributed by atoms with Crippen molar-refractivity contribution in [2.45, 2.75) is 13.3 Å². The molecule has 0 spiro atoms. The predicted molar refractivity (Wildman–Crippen MR) is 95.7 cm³/mol. The number of ether oxygens (including phenoxy) is 1. The van der Waals surface area contributed by atoms with Crippen LogP contribution in [0, 0.1) is 0 Å². The quantitative estimate of drug-likeness (QED) is 0.725. The molecule has 2 aromatic carbocycles. The molecule has 4 nitrogen and oxygen atoms in total. The summed E-state index contributed by atoms with van der Waals surface area (Å²) in [6.45, 7) is 4.50. The number of amides is 1. The molecule has 5 heteroatoms. The van der Waals surface area contributed by atoms with Crippen molar-refractivity contribution in [2.75, 3.05) is 19.6 Å². The summed E-state index contributed by atoms with van der Waals surface area (Å²) in [5, 5.41) is 6.13. The lowest BCUT2D eigenvalue weighted by atomic mass is 10.2. The maximum Gasteiger partial charge on any atom is 0.251 e. The van der Waals surface area contributed by atoms with Crippen molar-refractivity contribution in [3.8, 4) is 11.5 Å². The average molecular weight is 335 g/mol. The Morgan fingerprint density at radius 2 is 1.57 bits per heavy atom. The first-order valence-electron chi connectivity index (χ1n) is 7.61. The van der Waals surface area contributed by atoms with Crippen LogP contribution in [0.2, 0.25) is 0 Å². The molecule has 23 heavy (non-hydrogen) atoms. The lowest BCUT2D eigenvalue weighted by Crippen LogP contribution is -2.32. The van der Waals surface area contributed by atoms with Crippen LogP contribution in [0.15, 0.2) is 54.6 Å². The summed E-state index contributed by atoms with van der Waals surface area (Å²) in [5.41, 5.74) is 0.635. The van der Waals surface area contributed by atoms with Gasteiger partial charge in [0.25, 0.3) is 5.91 Å². The maximum atomic E-state index is 12.0. The molecule has 2 aromatic rings. The Balaban J connectivity index is 0.00000264. The molecule has 2 N–H and O–H groups in total. The van der Waals surface area contributed by atoms with E-state index in [9.17, 15) is 4.79 Å². The molecule has 0 aliphatic carbocycles. The van der Waals surface area contributed by atoms with Crippen LogP contribution < -0.4 is 15.4 Å². The van der Waals surface area contributed by atoms with Gasteiger partial charge in [0.2, 0.25) is 0 Å². The molecule has 1 amide bonds. The highest BCUT2D eigenvalue weighted by Crippen LogP contribution is 2.20. The molecule has 0 aliphatic heterocycles. The Morgan fingerprint density at radius 3 is 2.22 bits per heavy atom. The molecule has 0 atom stereocenters. The topological polar surface area (TPSA) is 50.4 Å². The van der Waals surface area contributed by atoms with E-state index in [0.29, 0.717) is 17.9 Å². The van der Waals surface area contributed by atoms with E-state index in [0.717, 1.165) is 25.3 Å². The van der Waals surface area contributed by atoms with Gasteiger partial charge in [-0.15, -0.1) is 12.4 Å². The number of hydrogen-bond donors (Lipinski definition) is 2. The van der Waals surface area contributed by atoms with Crippen LogP contribution in [-0.4, -0.2) is 25.5 Å². The Kier molecular flexibility index (Phi) is 8.80. The molecule has 124 valence electrons. The van der Waals surface area contributed by atoms with Crippen LogP contribution in [0.3, 0.4) is 0 Å². The van der Waals surface area contributed by atoms with Crippen molar-refractivity contribution < 1.29 is 9.53 Å². The average Bonchev–Trinajstić information content (AvgIpc) is 2.56. The van der Waals surface area contributed by atoms with Crippen LogP contribution >= 0.6 is 12.4 Å². The highest BCUT2D eigenvalue weighted by Gasteiger charge is 2.05. The highest BCUT2D eigenvalue weighted by molar-refractivity contribution is 5.94. The Labute approximate surface area is 143 Å². The van der Waals surface area contributed by atoms with Gasteiger partial charge in [-0.1, -0.05) is 25.1 Å². The summed E-state index contributed by atoms with van der Waals surface area (Å²) in [5.74, 6) is 1.43. The normalized spacial score (nSPS) is 9.78. The Morgan fingerprint density at radius 1 is 0.913 bits per heavy atom. The first-order chi connectivity index (χ1) is 10.8. The predicted octanol–water partition coefficient (Wildman–Crippen LogP) is 3.63. The minimum atomic E-state index is -0.0652. The van der Waals surface area contributed by atoms with Crippen molar-refractivity contribution in [1.29, 1.82) is 0 Å². The van der Waals surface area contributed by atoms with E-state index in [1.165, 1.54) is 0 Å². The number of benzene rings is 2. The first kappa shape index (κ1) is 19.0. The summed E-state index contributed by atoms with van der Waals surface area (Å²) < 4.78 is 5.70. The van der Waals surface area contributed by atoms with Gasteiger partial charge in [-0.3, -0.25) is 4.79 Å². The number of carbonyl (C=O) groups is 1. The summed E-state index contributed by atoms with van der Waals surface area (Å²) in [6.07, 6.45) is 1.09. The van der Waals surface area contributed by atoms with E-state index in [1.807, 2.05) is 30.3 Å². The fourth-order valence-electron chi connectivity index (χ4n) is 1.97. The fourth-order valence-corrected chi connectivity index (χ4v) is 1.97. The minimum absolute atomic E-state index is 0. The van der Waals surface area contributed by atoms with Crippen LogP contribution in [-0.2, 0) is 0 Å².